The minimum absolute atomic E-state index is 0.0667. The number of fused-ring (bicyclic) bond motifs is 1. The smallest absolute Gasteiger partial charge is 0.331 e. The summed E-state index contributed by atoms with van der Waals surface area (Å²) >= 11 is 0. The Balaban J connectivity index is 1.73. The van der Waals surface area contributed by atoms with Gasteiger partial charge in [-0.15, -0.1) is 0 Å². The molecule has 0 aliphatic carbocycles. The van der Waals surface area contributed by atoms with E-state index < -0.39 is 17.1 Å². The Morgan fingerprint density at radius 1 is 1.03 bits per heavy atom. The molecule has 0 spiro atoms. The number of carbonyl (C=O) groups excluding carboxylic acids is 1. The highest BCUT2D eigenvalue weighted by atomic mass is 19.1. The fourth-order valence-electron chi connectivity index (χ4n) is 3.61. The van der Waals surface area contributed by atoms with E-state index in [0.29, 0.717) is 29.7 Å². The lowest BCUT2D eigenvalue weighted by molar-refractivity contribution is 0.0951. The van der Waals surface area contributed by atoms with Crippen LogP contribution in [0.3, 0.4) is 0 Å². The number of rotatable bonds is 6. The van der Waals surface area contributed by atoms with Gasteiger partial charge in [0.2, 0.25) is 0 Å². The zero-order chi connectivity index (χ0) is 22.7. The van der Waals surface area contributed by atoms with Crippen molar-refractivity contribution in [3.63, 3.8) is 0 Å². The van der Waals surface area contributed by atoms with Gasteiger partial charge in [-0.05, 0) is 54.4 Å². The van der Waals surface area contributed by atoms with Crippen LogP contribution in [-0.4, -0.2) is 20.0 Å². The third kappa shape index (κ3) is 4.20. The molecular formula is C24H21FN4O3. The number of aromatic nitrogens is 3. The molecule has 2 aromatic carbocycles. The standard InChI is InChI=1S/C24H21FN4O3/c1-2-28-21-9-8-18(22(30)27-14-17-6-4-10-26-13-17)12-20(21)23(31)29(24(28)32)15-16-5-3-7-19(25)11-16/h3-13H,2,14-15H2,1H3,(H,27,30). The highest BCUT2D eigenvalue weighted by Crippen LogP contribution is 2.13. The molecule has 8 heteroatoms. The van der Waals surface area contributed by atoms with Gasteiger partial charge >= 0.3 is 5.69 Å². The maximum atomic E-state index is 13.6. The summed E-state index contributed by atoms with van der Waals surface area (Å²) in [5.41, 5.74) is 1.08. The van der Waals surface area contributed by atoms with Crippen LogP contribution in [0.15, 0.2) is 76.6 Å². The molecule has 0 bridgehead atoms. The highest BCUT2D eigenvalue weighted by Gasteiger charge is 2.15. The molecule has 0 fully saturated rings. The first kappa shape index (κ1) is 21.2. The van der Waals surface area contributed by atoms with E-state index in [1.54, 1.807) is 43.6 Å². The van der Waals surface area contributed by atoms with Crippen molar-refractivity contribution in [2.45, 2.75) is 26.6 Å². The Morgan fingerprint density at radius 2 is 1.84 bits per heavy atom. The zero-order valence-electron chi connectivity index (χ0n) is 17.4. The third-order valence-electron chi connectivity index (χ3n) is 5.21. The van der Waals surface area contributed by atoms with Crippen LogP contribution in [0.1, 0.15) is 28.4 Å². The number of hydrogen-bond acceptors (Lipinski definition) is 4. The minimum Gasteiger partial charge on any atom is -0.348 e. The van der Waals surface area contributed by atoms with Gasteiger partial charge in [-0.3, -0.25) is 23.7 Å². The van der Waals surface area contributed by atoms with E-state index in [-0.39, 0.29) is 17.8 Å². The maximum absolute atomic E-state index is 13.6. The van der Waals surface area contributed by atoms with E-state index in [1.165, 1.54) is 28.8 Å². The number of hydrogen-bond donors (Lipinski definition) is 1. The molecule has 162 valence electrons. The molecule has 0 radical (unpaired) electrons. The quantitative estimate of drug-likeness (QED) is 0.508. The molecule has 2 aromatic heterocycles. The van der Waals surface area contributed by atoms with Crippen molar-refractivity contribution in [2.75, 3.05) is 0 Å². The number of aryl methyl sites for hydroxylation is 1. The topological polar surface area (TPSA) is 86.0 Å². The SMILES string of the molecule is CCn1c(=O)n(Cc2cccc(F)c2)c(=O)c2cc(C(=O)NCc3cccnc3)ccc21. The van der Waals surface area contributed by atoms with E-state index in [4.69, 9.17) is 0 Å². The number of amides is 1. The second-order valence-corrected chi connectivity index (χ2v) is 7.32. The molecule has 0 saturated heterocycles. The zero-order valence-corrected chi connectivity index (χ0v) is 17.4. The number of benzene rings is 2. The fraction of sp³-hybridized carbons (Fsp3) is 0.167. The Morgan fingerprint density at radius 3 is 2.56 bits per heavy atom. The molecule has 1 amide bonds. The Bertz CT molecular complexity index is 1410. The number of halogens is 1. The van der Waals surface area contributed by atoms with E-state index >= 15 is 0 Å². The van der Waals surface area contributed by atoms with Crippen molar-refractivity contribution in [3.05, 3.63) is 110 Å². The molecule has 0 unspecified atom stereocenters. The van der Waals surface area contributed by atoms with Crippen molar-refractivity contribution in [1.29, 1.82) is 0 Å². The van der Waals surface area contributed by atoms with Crippen molar-refractivity contribution in [3.8, 4) is 0 Å². The van der Waals surface area contributed by atoms with Gasteiger partial charge in [0.25, 0.3) is 11.5 Å². The van der Waals surface area contributed by atoms with Gasteiger partial charge < -0.3 is 5.32 Å². The summed E-state index contributed by atoms with van der Waals surface area (Å²) < 4.78 is 16.1. The minimum atomic E-state index is -0.527. The van der Waals surface area contributed by atoms with Crippen LogP contribution in [-0.2, 0) is 19.6 Å². The maximum Gasteiger partial charge on any atom is 0.331 e. The molecule has 2 heterocycles. The van der Waals surface area contributed by atoms with Crippen LogP contribution >= 0.6 is 0 Å². The monoisotopic (exact) mass is 432 g/mol. The summed E-state index contributed by atoms with van der Waals surface area (Å²) in [5.74, 6) is -0.791. The average Bonchev–Trinajstić information content (AvgIpc) is 2.81. The first-order chi connectivity index (χ1) is 15.5. The van der Waals surface area contributed by atoms with Gasteiger partial charge in [0.1, 0.15) is 5.82 Å². The highest BCUT2D eigenvalue weighted by molar-refractivity contribution is 5.97. The van der Waals surface area contributed by atoms with Crippen molar-refractivity contribution >= 4 is 16.8 Å². The van der Waals surface area contributed by atoms with Crippen LogP contribution in [0, 0.1) is 5.82 Å². The van der Waals surface area contributed by atoms with Gasteiger partial charge in [-0.1, -0.05) is 18.2 Å². The second-order valence-electron chi connectivity index (χ2n) is 7.32. The fourth-order valence-corrected chi connectivity index (χ4v) is 3.61. The first-order valence-electron chi connectivity index (χ1n) is 10.2. The van der Waals surface area contributed by atoms with E-state index in [9.17, 15) is 18.8 Å². The lowest BCUT2D eigenvalue weighted by Crippen LogP contribution is -2.40. The third-order valence-corrected chi connectivity index (χ3v) is 5.21. The number of nitrogens with zero attached hydrogens (tertiary/aromatic N) is 3. The van der Waals surface area contributed by atoms with Crippen molar-refractivity contribution in [1.82, 2.24) is 19.4 Å². The predicted octanol–water partition coefficient (Wildman–Crippen LogP) is 2.70. The Labute approximate surface area is 182 Å². The molecule has 1 N–H and O–H groups in total. The molecule has 7 nitrogen and oxygen atoms in total. The summed E-state index contributed by atoms with van der Waals surface area (Å²) in [6.07, 6.45) is 3.31. The van der Waals surface area contributed by atoms with Crippen molar-refractivity contribution in [2.24, 2.45) is 0 Å². The molecule has 0 aliphatic heterocycles. The van der Waals surface area contributed by atoms with Crippen molar-refractivity contribution < 1.29 is 9.18 Å². The van der Waals surface area contributed by atoms with Gasteiger partial charge in [-0.2, -0.15) is 0 Å². The van der Waals surface area contributed by atoms with E-state index in [0.717, 1.165) is 10.1 Å². The number of pyridine rings is 1. The molecule has 4 rings (SSSR count). The second kappa shape index (κ2) is 8.97. The largest absolute Gasteiger partial charge is 0.348 e. The Kier molecular flexibility index (Phi) is 5.93. The summed E-state index contributed by atoms with van der Waals surface area (Å²) in [7, 11) is 0. The number of nitrogens with one attached hydrogen (secondary N) is 1. The van der Waals surface area contributed by atoms with Crippen LogP contribution in [0.2, 0.25) is 0 Å². The number of carbonyl (C=O) groups is 1. The predicted molar refractivity (Wildman–Crippen MR) is 119 cm³/mol. The van der Waals surface area contributed by atoms with Crippen LogP contribution in [0.25, 0.3) is 10.9 Å². The molecule has 32 heavy (non-hydrogen) atoms. The van der Waals surface area contributed by atoms with Gasteiger partial charge in [0, 0.05) is 31.0 Å². The lowest BCUT2D eigenvalue weighted by atomic mass is 10.1. The Hall–Kier alpha value is -4.07. The van der Waals surface area contributed by atoms with Crippen LogP contribution in [0.4, 0.5) is 4.39 Å². The van der Waals surface area contributed by atoms with Crippen LogP contribution in [0.5, 0.6) is 0 Å². The molecule has 4 aromatic rings. The van der Waals surface area contributed by atoms with E-state index in [1.807, 2.05) is 6.07 Å². The van der Waals surface area contributed by atoms with E-state index in [2.05, 4.69) is 10.3 Å². The van der Waals surface area contributed by atoms with Gasteiger partial charge in [0.15, 0.2) is 0 Å². The lowest BCUT2D eigenvalue weighted by Gasteiger charge is -2.14. The summed E-state index contributed by atoms with van der Waals surface area (Å²) in [5, 5.41) is 3.05. The molecule has 0 saturated carbocycles. The molecule has 0 atom stereocenters. The van der Waals surface area contributed by atoms with Gasteiger partial charge in [-0.25, -0.2) is 9.18 Å². The van der Waals surface area contributed by atoms with Gasteiger partial charge in [0.05, 0.1) is 17.4 Å². The average molecular weight is 432 g/mol. The molecular weight excluding hydrogens is 411 g/mol. The molecule has 0 aliphatic rings. The first-order valence-corrected chi connectivity index (χ1v) is 10.2. The summed E-state index contributed by atoms with van der Waals surface area (Å²) in [4.78, 5) is 42.8. The van der Waals surface area contributed by atoms with Crippen LogP contribution < -0.4 is 16.6 Å². The summed E-state index contributed by atoms with van der Waals surface area (Å²) in [6, 6.07) is 14.1. The normalized spacial score (nSPS) is 10.9. The summed E-state index contributed by atoms with van der Waals surface area (Å²) in [6.45, 7) is 2.36.